The number of amides is 5. The second-order valence-corrected chi connectivity index (χ2v) is 9.42. The lowest BCUT2D eigenvalue weighted by molar-refractivity contribution is -0.134. The third kappa shape index (κ3) is 4.10. The summed E-state index contributed by atoms with van der Waals surface area (Å²) < 4.78 is 13.5. The maximum atomic E-state index is 13.5. The predicted octanol–water partition coefficient (Wildman–Crippen LogP) is 3.05. The van der Waals surface area contributed by atoms with Crippen molar-refractivity contribution in [2.24, 2.45) is 5.73 Å². The SMILES string of the molecule is CCCCC1(c2ccc(F)cc2)NC(=O)N(CC(=O)Nc2sc3c(c2C(N)=O)CCC3)C1=O. The molecule has 2 aromatic rings. The molecule has 4 N–H and O–H groups in total. The molecule has 1 unspecified atom stereocenters. The summed E-state index contributed by atoms with van der Waals surface area (Å²) in [4.78, 5) is 52.8. The number of hydrogen-bond acceptors (Lipinski definition) is 5. The number of carbonyl (C=O) groups is 4. The molecule has 1 aromatic carbocycles. The molecule has 33 heavy (non-hydrogen) atoms. The smallest absolute Gasteiger partial charge is 0.325 e. The van der Waals surface area contributed by atoms with Gasteiger partial charge in [0.1, 0.15) is 22.9 Å². The van der Waals surface area contributed by atoms with E-state index in [0.717, 1.165) is 41.0 Å². The summed E-state index contributed by atoms with van der Waals surface area (Å²) >= 11 is 1.30. The lowest BCUT2D eigenvalue weighted by Crippen LogP contribution is -2.44. The number of benzene rings is 1. The van der Waals surface area contributed by atoms with Gasteiger partial charge in [-0.2, -0.15) is 0 Å². The number of carbonyl (C=O) groups excluding carboxylic acids is 4. The van der Waals surface area contributed by atoms with Crippen molar-refractivity contribution in [3.63, 3.8) is 0 Å². The monoisotopic (exact) mass is 472 g/mol. The van der Waals surface area contributed by atoms with Crippen LogP contribution in [0.25, 0.3) is 0 Å². The number of rotatable bonds is 8. The third-order valence-corrected chi connectivity index (χ3v) is 7.35. The Labute approximate surface area is 194 Å². The van der Waals surface area contributed by atoms with Crippen molar-refractivity contribution >= 4 is 40.1 Å². The first-order chi connectivity index (χ1) is 15.8. The number of urea groups is 1. The van der Waals surface area contributed by atoms with Crippen LogP contribution >= 0.6 is 11.3 Å². The zero-order chi connectivity index (χ0) is 23.8. The fourth-order valence-electron chi connectivity index (χ4n) is 4.52. The molecule has 174 valence electrons. The Balaban J connectivity index is 1.56. The molecule has 8 nitrogen and oxygen atoms in total. The fourth-order valence-corrected chi connectivity index (χ4v) is 5.83. The van der Waals surface area contributed by atoms with Crippen molar-refractivity contribution in [3.05, 3.63) is 51.7 Å². The highest BCUT2D eigenvalue weighted by Gasteiger charge is 2.52. The van der Waals surface area contributed by atoms with Crippen molar-refractivity contribution in [1.82, 2.24) is 10.2 Å². The predicted molar refractivity (Wildman–Crippen MR) is 121 cm³/mol. The van der Waals surface area contributed by atoms with Gasteiger partial charge in [0.15, 0.2) is 0 Å². The van der Waals surface area contributed by atoms with E-state index in [9.17, 15) is 23.6 Å². The zero-order valence-corrected chi connectivity index (χ0v) is 19.0. The van der Waals surface area contributed by atoms with E-state index < -0.39 is 41.7 Å². The van der Waals surface area contributed by atoms with Crippen molar-refractivity contribution in [2.45, 2.75) is 51.0 Å². The van der Waals surface area contributed by atoms with E-state index in [4.69, 9.17) is 5.73 Å². The summed E-state index contributed by atoms with van der Waals surface area (Å²) in [6.07, 6.45) is 4.23. The molecule has 0 radical (unpaired) electrons. The average Bonchev–Trinajstić information content (AvgIpc) is 3.41. The quantitative estimate of drug-likeness (QED) is 0.511. The van der Waals surface area contributed by atoms with E-state index in [1.807, 2.05) is 6.92 Å². The third-order valence-electron chi connectivity index (χ3n) is 6.14. The van der Waals surface area contributed by atoms with Gasteiger partial charge in [-0.25, -0.2) is 9.18 Å². The molecule has 1 aromatic heterocycles. The topological polar surface area (TPSA) is 122 Å². The van der Waals surface area contributed by atoms with Crippen LogP contribution in [0.4, 0.5) is 14.2 Å². The molecule has 0 saturated carbocycles. The van der Waals surface area contributed by atoms with Gasteiger partial charge in [-0.1, -0.05) is 31.9 Å². The average molecular weight is 473 g/mol. The highest BCUT2D eigenvalue weighted by atomic mass is 32.1. The van der Waals surface area contributed by atoms with Crippen molar-refractivity contribution in [1.29, 1.82) is 0 Å². The van der Waals surface area contributed by atoms with E-state index in [1.54, 1.807) is 0 Å². The first-order valence-corrected chi connectivity index (χ1v) is 11.7. The summed E-state index contributed by atoms with van der Waals surface area (Å²) in [5, 5.41) is 5.74. The number of unbranched alkanes of at least 4 members (excludes halogenated alkanes) is 1. The zero-order valence-electron chi connectivity index (χ0n) is 18.2. The Bertz CT molecular complexity index is 1130. The molecule has 2 aliphatic rings. The minimum absolute atomic E-state index is 0.307. The van der Waals surface area contributed by atoms with Gasteiger partial charge in [-0.05, 0) is 48.9 Å². The van der Waals surface area contributed by atoms with E-state index in [0.29, 0.717) is 29.0 Å². The molecule has 0 bridgehead atoms. The standard InChI is InChI=1S/C23H25FN4O4S/c1-2-3-11-23(13-7-9-14(24)10-8-13)21(31)28(22(32)27-23)12-17(29)26-20-18(19(25)30)15-5-4-6-16(15)33-20/h7-10H,2-6,11-12H2,1H3,(H2,25,30)(H,26,29)(H,27,32). The number of nitrogens with one attached hydrogen (secondary N) is 2. The molecule has 1 aliphatic heterocycles. The van der Waals surface area contributed by atoms with Crippen LogP contribution < -0.4 is 16.4 Å². The Kier molecular flexibility index (Phi) is 6.20. The first-order valence-electron chi connectivity index (χ1n) is 10.9. The van der Waals surface area contributed by atoms with E-state index in [-0.39, 0.29) is 0 Å². The van der Waals surface area contributed by atoms with E-state index in [1.165, 1.54) is 35.6 Å². The molecular weight excluding hydrogens is 447 g/mol. The molecule has 2 heterocycles. The molecule has 1 saturated heterocycles. The van der Waals surface area contributed by atoms with Crippen LogP contribution in [-0.4, -0.2) is 35.2 Å². The molecule has 1 atom stereocenters. The Morgan fingerprint density at radius 1 is 1.24 bits per heavy atom. The molecule has 1 fully saturated rings. The number of nitrogens with two attached hydrogens (primary N) is 1. The number of halogens is 1. The van der Waals surface area contributed by atoms with E-state index >= 15 is 0 Å². The number of fused-ring (bicyclic) bond motifs is 1. The van der Waals surface area contributed by atoms with Crippen LogP contribution in [0.1, 0.15) is 59.0 Å². The number of thiophene rings is 1. The summed E-state index contributed by atoms with van der Waals surface area (Å²) in [6.45, 7) is 1.44. The summed E-state index contributed by atoms with van der Waals surface area (Å²) in [7, 11) is 0. The maximum Gasteiger partial charge on any atom is 0.325 e. The maximum absolute atomic E-state index is 13.5. The number of aryl methyl sites for hydroxylation is 1. The van der Waals surface area contributed by atoms with Crippen molar-refractivity contribution in [2.75, 3.05) is 11.9 Å². The second-order valence-electron chi connectivity index (χ2n) is 8.31. The Hall–Kier alpha value is -3.27. The van der Waals surface area contributed by atoms with Gasteiger partial charge < -0.3 is 16.4 Å². The van der Waals surface area contributed by atoms with Crippen LogP contribution in [0.15, 0.2) is 24.3 Å². The molecular formula is C23H25FN4O4S. The normalized spacial score (nSPS) is 19.5. The number of anilines is 1. The van der Waals surface area contributed by atoms with Gasteiger partial charge in [-0.3, -0.25) is 19.3 Å². The molecule has 4 rings (SSSR count). The van der Waals surface area contributed by atoms with Crippen molar-refractivity contribution in [3.8, 4) is 0 Å². The van der Waals surface area contributed by atoms with Gasteiger partial charge in [0, 0.05) is 4.88 Å². The lowest BCUT2D eigenvalue weighted by atomic mass is 9.85. The molecule has 10 heteroatoms. The van der Waals surface area contributed by atoms with Gasteiger partial charge in [-0.15, -0.1) is 11.3 Å². The number of primary amides is 1. The number of hydrogen-bond donors (Lipinski definition) is 3. The van der Waals surface area contributed by atoms with E-state index in [2.05, 4.69) is 10.6 Å². The highest BCUT2D eigenvalue weighted by Crippen LogP contribution is 2.39. The van der Waals surface area contributed by atoms with Crippen LogP contribution in [0, 0.1) is 5.82 Å². The molecule has 0 spiro atoms. The van der Waals surface area contributed by atoms with Crippen LogP contribution in [0.2, 0.25) is 0 Å². The summed E-state index contributed by atoms with van der Waals surface area (Å²) in [6, 6.07) is 4.72. The van der Waals surface area contributed by atoms with Crippen molar-refractivity contribution < 1.29 is 23.6 Å². The van der Waals surface area contributed by atoms with Gasteiger partial charge >= 0.3 is 6.03 Å². The van der Waals surface area contributed by atoms with Crippen LogP contribution in [0.3, 0.4) is 0 Å². The van der Waals surface area contributed by atoms with Gasteiger partial charge in [0.05, 0.1) is 5.56 Å². The summed E-state index contributed by atoms with van der Waals surface area (Å²) in [5.41, 5.74) is 5.81. The van der Waals surface area contributed by atoms with Crippen LogP contribution in [0.5, 0.6) is 0 Å². The first kappa shape index (κ1) is 22.9. The number of imide groups is 1. The minimum atomic E-state index is -1.36. The van der Waals surface area contributed by atoms with Crippen LogP contribution in [-0.2, 0) is 28.0 Å². The second kappa shape index (κ2) is 8.93. The number of nitrogens with zero attached hydrogens (tertiary/aromatic N) is 1. The fraction of sp³-hybridized carbons (Fsp3) is 0.391. The lowest BCUT2D eigenvalue weighted by Gasteiger charge is -2.27. The van der Waals surface area contributed by atoms with Gasteiger partial charge in [0.25, 0.3) is 11.8 Å². The summed E-state index contributed by atoms with van der Waals surface area (Å²) in [5.74, 6) is -2.24. The molecule has 1 aliphatic carbocycles. The van der Waals surface area contributed by atoms with Gasteiger partial charge in [0.2, 0.25) is 5.91 Å². The Morgan fingerprint density at radius 2 is 1.97 bits per heavy atom. The molecule has 5 amide bonds. The highest BCUT2D eigenvalue weighted by molar-refractivity contribution is 7.17. The largest absolute Gasteiger partial charge is 0.365 e. The Morgan fingerprint density at radius 3 is 2.64 bits per heavy atom. The minimum Gasteiger partial charge on any atom is -0.365 e.